The van der Waals surface area contributed by atoms with Gasteiger partial charge in [0.15, 0.2) is 10.1 Å². The van der Waals surface area contributed by atoms with Crippen molar-refractivity contribution < 1.29 is 9.18 Å². The van der Waals surface area contributed by atoms with E-state index in [9.17, 15) is 9.18 Å². The lowest BCUT2D eigenvalue weighted by Gasteiger charge is -2.11. The van der Waals surface area contributed by atoms with Crippen molar-refractivity contribution in [2.24, 2.45) is 0 Å². The smallest absolute Gasteiger partial charge is 0.249 e. The predicted molar refractivity (Wildman–Crippen MR) is 129 cm³/mol. The van der Waals surface area contributed by atoms with Gasteiger partial charge in [-0.15, -0.1) is 11.3 Å². The van der Waals surface area contributed by atoms with E-state index in [0.717, 1.165) is 10.5 Å². The van der Waals surface area contributed by atoms with Crippen molar-refractivity contribution in [3.63, 3.8) is 0 Å². The number of fused-ring (bicyclic) bond motifs is 1. The highest BCUT2D eigenvalue weighted by atomic mass is 35.5. The van der Waals surface area contributed by atoms with Gasteiger partial charge in [0.05, 0.1) is 18.6 Å². The summed E-state index contributed by atoms with van der Waals surface area (Å²) >= 11 is 7.67. The Hall–Kier alpha value is -3.75. The van der Waals surface area contributed by atoms with Gasteiger partial charge in [-0.1, -0.05) is 41.9 Å². The van der Waals surface area contributed by atoms with Crippen molar-refractivity contribution in [1.29, 1.82) is 0 Å². The average Bonchev–Trinajstić information content (AvgIpc) is 3.50. The third kappa shape index (κ3) is 4.44. The second kappa shape index (κ2) is 9.01. The minimum Gasteiger partial charge on any atom is -0.312 e. The average molecular weight is 478 g/mol. The molecule has 1 amide bonds. The van der Waals surface area contributed by atoms with Gasteiger partial charge in [0.2, 0.25) is 5.91 Å². The molecule has 0 radical (unpaired) electrons. The standard InChI is InChI=1S/C24H17ClFN5OS/c25-22-19(31-12-13-33-24(31)29-22)10-11-20(32)28-23-21(17-6-8-18(26)9-7-17)27-15-30(23)14-16-4-2-1-3-5-16/h1-13,15H,14H2,(H,28,32)/b11-10+. The highest BCUT2D eigenvalue weighted by molar-refractivity contribution is 7.15. The molecule has 5 aromatic rings. The summed E-state index contributed by atoms with van der Waals surface area (Å²) in [5.41, 5.74) is 2.92. The zero-order valence-corrected chi connectivity index (χ0v) is 18.7. The molecular weight excluding hydrogens is 461 g/mol. The first-order valence-electron chi connectivity index (χ1n) is 10.0. The van der Waals surface area contributed by atoms with Crippen LogP contribution in [-0.2, 0) is 11.3 Å². The van der Waals surface area contributed by atoms with Crippen LogP contribution in [0, 0.1) is 5.82 Å². The first kappa shape index (κ1) is 21.1. The third-order valence-electron chi connectivity index (χ3n) is 5.04. The number of aromatic nitrogens is 4. The molecule has 33 heavy (non-hydrogen) atoms. The maximum absolute atomic E-state index is 13.4. The van der Waals surface area contributed by atoms with Crippen molar-refractivity contribution in [1.82, 2.24) is 18.9 Å². The largest absolute Gasteiger partial charge is 0.312 e. The van der Waals surface area contributed by atoms with Crippen LogP contribution in [-0.4, -0.2) is 24.8 Å². The van der Waals surface area contributed by atoms with Crippen molar-refractivity contribution in [2.75, 3.05) is 5.32 Å². The normalized spacial score (nSPS) is 11.5. The number of rotatable bonds is 6. The van der Waals surface area contributed by atoms with Gasteiger partial charge in [-0.05, 0) is 35.9 Å². The second-order valence-corrected chi connectivity index (χ2v) is 8.46. The van der Waals surface area contributed by atoms with Crippen LogP contribution in [0.1, 0.15) is 11.3 Å². The molecule has 0 saturated carbocycles. The minimum absolute atomic E-state index is 0.326. The number of imidazole rings is 2. The first-order chi connectivity index (χ1) is 16.1. The molecule has 0 aliphatic rings. The lowest BCUT2D eigenvalue weighted by atomic mass is 10.1. The fourth-order valence-electron chi connectivity index (χ4n) is 3.47. The molecular formula is C24H17ClFN5OS. The number of hydrogen-bond donors (Lipinski definition) is 1. The van der Waals surface area contributed by atoms with Crippen LogP contribution in [0.15, 0.2) is 78.6 Å². The van der Waals surface area contributed by atoms with E-state index in [2.05, 4.69) is 15.3 Å². The molecule has 0 aliphatic carbocycles. The summed E-state index contributed by atoms with van der Waals surface area (Å²) in [6.45, 7) is 0.512. The molecule has 3 aromatic heterocycles. The van der Waals surface area contributed by atoms with E-state index in [1.807, 2.05) is 50.9 Å². The topological polar surface area (TPSA) is 64.2 Å². The summed E-state index contributed by atoms with van der Waals surface area (Å²) in [5.74, 6) is -0.178. The number of nitrogens with one attached hydrogen (secondary N) is 1. The molecule has 0 bridgehead atoms. The van der Waals surface area contributed by atoms with E-state index < -0.39 is 0 Å². The molecule has 9 heteroatoms. The maximum Gasteiger partial charge on any atom is 0.249 e. The summed E-state index contributed by atoms with van der Waals surface area (Å²) in [7, 11) is 0. The van der Waals surface area contributed by atoms with E-state index in [0.29, 0.717) is 34.5 Å². The Morgan fingerprint density at radius 1 is 1.15 bits per heavy atom. The van der Waals surface area contributed by atoms with Crippen molar-refractivity contribution in [2.45, 2.75) is 6.54 Å². The van der Waals surface area contributed by atoms with Gasteiger partial charge in [0.25, 0.3) is 0 Å². The fraction of sp³-hybridized carbons (Fsp3) is 0.0417. The van der Waals surface area contributed by atoms with E-state index in [-0.39, 0.29) is 11.7 Å². The molecule has 0 unspecified atom stereocenters. The van der Waals surface area contributed by atoms with Crippen LogP contribution in [0.4, 0.5) is 10.2 Å². The molecule has 0 fully saturated rings. The summed E-state index contributed by atoms with van der Waals surface area (Å²) < 4.78 is 17.1. The molecule has 0 aliphatic heterocycles. The van der Waals surface area contributed by atoms with Gasteiger partial charge >= 0.3 is 0 Å². The van der Waals surface area contributed by atoms with Gasteiger partial charge in [0.1, 0.15) is 17.3 Å². The maximum atomic E-state index is 13.4. The van der Waals surface area contributed by atoms with E-state index in [4.69, 9.17) is 11.6 Å². The molecule has 0 saturated heterocycles. The zero-order valence-electron chi connectivity index (χ0n) is 17.2. The SMILES string of the molecule is O=C(/C=C/c1c(Cl)nc2sccn12)Nc1c(-c2ccc(F)cc2)ncn1Cc1ccccc1. The highest BCUT2D eigenvalue weighted by Crippen LogP contribution is 2.28. The van der Waals surface area contributed by atoms with Crippen LogP contribution in [0.3, 0.4) is 0 Å². The fourth-order valence-corrected chi connectivity index (χ4v) is 4.48. The Morgan fingerprint density at radius 3 is 2.73 bits per heavy atom. The van der Waals surface area contributed by atoms with Crippen molar-refractivity contribution in [3.05, 3.63) is 101 Å². The monoisotopic (exact) mass is 477 g/mol. The van der Waals surface area contributed by atoms with Gasteiger partial charge < -0.3 is 9.88 Å². The predicted octanol–water partition coefficient (Wildman–Crippen LogP) is 5.75. The summed E-state index contributed by atoms with van der Waals surface area (Å²) in [5, 5.41) is 5.15. The minimum atomic E-state index is -0.352. The Morgan fingerprint density at radius 2 is 1.94 bits per heavy atom. The Bertz CT molecular complexity index is 1450. The number of benzene rings is 2. The number of halogens is 2. The first-order valence-corrected chi connectivity index (χ1v) is 11.3. The van der Waals surface area contributed by atoms with Crippen LogP contribution in [0.5, 0.6) is 0 Å². The van der Waals surface area contributed by atoms with Gasteiger partial charge in [-0.25, -0.2) is 14.4 Å². The highest BCUT2D eigenvalue weighted by Gasteiger charge is 2.16. The Kier molecular flexibility index (Phi) is 5.77. The molecule has 5 rings (SSSR count). The van der Waals surface area contributed by atoms with Gasteiger partial charge in [-0.3, -0.25) is 9.20 Å². The lowest BCUT2D eigenvalue weighted by molar-refractivity contribution is -0.111. The van der Waals surface area contributed by atoms with E-state index >= 15 is 0 Å². The molecule has 0 spiro atoms. The molecule has 6 nitrogen and oxygen atoms in total. The number of thiazole rings is 1. The van der Waals surface area contributed by atoms with Crippen molar-refractivity contribution in [3.8, 4) is 11.3 Å². The lowest BCUT2D eigenvalue weighted by Crippen LogP contribution is -2.13. The molecule has 1 N–H and O–H groups in total. The zero-order chi connectivity index (χ0) is 22.8. The second-order valence-electron chi connectivity index (χ2n) is 7.23. The molecule has 164 valence electrons. The quantitative estimate of drug-likeness (QED) is 0.316. The van der Waals surface area contributed by atoms with Crippen molar-refractivity contribution >= 4 is 45.7 Å². The number of amides is 1. The Labute approximate surface area is 197 Å². The van der Waals surface area contributed by atoms with E-state index in [1.54, 1.807) is 24.5 Å². The van der Waals surface area contributed by atoms with Crippen LogP contribution >= 0.6 is 22.9 Å². The summed E-state index contributed by atoms with van der Waals surface area (Å²) in [6, 6.07) is 15.8. The molecule has 3 heterocycles. The number of nitrogens with zero attached hydrogens (tertiary/aromatic N) is 4. The molecule has 0 atom stereocenters. The number of carbonyl (C=O) groups excluding carboxylic acids is 1. The third-order valence-corrected chi connectivity index (χ3v) is 6.07. The Balaban J connectivity index is 1.46. The molecule has 2 aromatic carbocycles. The van der Waals surface area contributed by atoms with Gasteiger partial charge in [0, 0.05) is 23.2 Å². The van der Waals surface area contributed by atoms with Crippen LogP contribution in [0.25, 0.3) is 22.3 Å². The van der Waals surface area contributed by atoms with Crippen LogP contribution in [0.2, 0.25) is 5.15 Å². The van der Waals surface area contributed by atoms with E-state index in [1.165, 1.54) is 29.5 Å². The number of anilines is 1. The number of carbonyl (C=O) groups is 1. The number of hydrogen-bond acceptors (Lipinski definition) is 4. The van der Waals surface area contributed by atoms with Gasteiger partial charge in [-0.2, -0.15) is 0 Å². The van der Waals surface area contributed by atoms with Crippen LogP contribution < -0.4 is 5.32 Å². The summed E-state index contributed by atoms with van der Waals surface area (Å²) in [6.07, 6.45) is 6.53. The summed E-state index contributed by atoms with van der Waals surface area (Å²) in [4.78, 5) is 22.4.